The van der Waals surface area contributed by atoms with Gasteiger partial charge in [-0.25, -0.2) is 9.78 Å². The van der Waals surface area contributed by atoms with Gasteiger partial charge in [0.15, 0.2) is 5.16 Å². The molecule has 1 aromatic heterocycles. The second kappa shape index (κ2) is 9.64. The topological polar surface area (TPSA) is 71.1 Å². The Labute approximate surface area is 187 Å². The molecule has 0 unspecified atom stereocenters. The molecule has 1 fully saturated rings. The van der Waals surface area contributed by atoms with E-state index in [1.54, 1.807) is 40.9 Å². The quantitative estimate of drug-likeness (QED) is 0.567. The molecule has 1 amide bonds. The number of ether oxygens (including phenoxy) is 1. The number of likely N-dealkylation sites (tertiary alicyclic amines) is 1. The molecule has 0 radical (unpaired) electrons. The Hall–Kier alpha value is -3.01. The van der Waals surface area contributed by atoms with Gasteiger partial charge < -0.3 is 9.64 Å². The fourth-order valence-electron chi connectivity index (χ4n) is 3.45. The lowest BCUT2D eigenvalue weighted by atomic mass is 10.0. The molecule has 0 spiro atoms. The van der Waals surface area contributed by atoms with Gasteiger partial charge in [-0.1, -0.05) is 36.0 Å². The zero-order chi connectivity index (χ0) is 22.6. The van der Waals surface area contributed by atoms with Crippen LogP contribution in [-0.2, 0) is 12.6 Å². The summed E-state index contributed by atoms with van der Waals surface area (Å²) in [5, 5.41) is 7.82. The fraction of sp³-hybridized carbons (Fsp3) is 0.318. The van der Waals surface area contributed by atoms with Gasteiger partial charge in [0.2, 0.25) is 0 Å². The number of aromatic amines is 1. The first-order valence-corrected chi connectivity index (χ1v) is 11.0. The molecule has 0 atom stereocenters. The molecule has 0 saturated carbocycles. The molecule has 2 heterocycles. The molecule has 168 valence electrons. The number of hydrogen-bond donors (Lipinski definition) is 1. The Morgan fingerprint density at radius 3 is 2.25 bits per heavy atom. The van der Waals surface area contributed by atoms with Gasteiger partial charge in [0.05, 0.1) is 5.56 Å². The maximum atomic E-state index is 12.7. The first kappa shape index (κ1) is 22.2. The van der Waals surface area contributed by atoms with Crippen molar-refractivity contribution in [2.45, 2.75) is 35.8 Å². The van der Waals surface area contributed by atoms with Gasteiger partial charge in [-0.2, -0.15) is 18.3 Å². The van der Waals surface area contributed by atoms with Gasteiger partial charge in [-0.15, -0.1) is 0 Å². The Morgan fingerprint density at radius 2 is 1.69 bits per heavy atom. The lowest BCUT2D eigenvalue weighted by molar-refractivity contribution is -0.137. The number of nitrogens with zero attached hydrogens (tertiary/aromatic N) is 3. The Balaban J connectivity index is 1.26. The number of carbonyl (C=O) groups is 1. The number of rotatable bonds is 5. The number of nitrogens with one attached hydrogen (secondary N) is 1. The molecule has 1 aliphatic heterocycles. The minimum atomic E-state index is -4.34. The van der Waals surface area contributed by atoms with E-state index in [1.165, 1.54) is 18.5 Å². The molecule has 32 heavy (non-hydrogen) atoms. The molecular formula is C22H21F3N4O2S. The van der Waals surface area contributed by atoms with Crippen molar-refractivity contribution in [3.05, 3.63) is 71.5 Å². The van der Waals surface area contributed by atoms with E-state index < -0.39 is 11.7 Å². The third-order valence-electron chi connectivity index (χ3n) is 5.19. The summed E-state index contributed by atoms with van der Waals surface area (Å²) in [4.78, 5) is 18.3. The van der Waals surface area contributed by atoms with Crippen LogP contribution < -0.4 is 4.74 Å². The Bertz CT molecular complexity index is 1020. The molecule has 6 nitrogen and oxygen atoms in total. The maximum absolute atomic E-state index is 12.7. The minimum Gasteiger partial charge on any atom is -0.410 e. The van der Waals surface area contributed by atoms with Crippen molar-refractivity contribution in [1.29, 1.82) is 0 Å². The van der Waals surface area contributed by atoms with Gasteiger partial charge in [0.25, 0.3) is 0 Å². The van der Waals surface area contributed by atoms with Gasteiger partial charge in [-0.05, 0) is 54.7 Å². The van der Waals surface area contributed by atoms with Gasteiger partial charge in [0.1, 0.15) is 12.1 Å². The molecule has 2 aromatic carbocycles. The molecular weight excluding hydrogens is 441 g/mol. The molecule has 10 heteroatoms. The number of amides is 1. The average Bonchev–Trinajstić information content (AvgIpc) is 3.28. The minimum absolute atomic E-state index is 0.372. The van der Waals surface area contributed by atoms with E-state index in [4.69, 9.17) is 4.74 Å². The number of thioether (sulfide) groups is 1. The summed E-state index contributed by atoms with van der Waals surface area (Å²) >= 11 is 1.63. The lowest BCUT2D eigenvalue weighted by Crippen LogP contribution is -2.40. The zero-order valence-corrected chi connectivity index (χ0v) is 17.8. The molecule has 0 aliphatic carbocycles. The first-order chi connectivity index (χ1) is 15.4. The third kappa shape index (κ3) is 5.82. The van der Waals surface area contributed by atoms with Crippen LogP contribution in [0.5, 0.6) is 5.75 Å². The van der Waals surface area contributed by atoms with E-state index in [1.807, 2.05) is 0 Å². The van der Waals surface area contributed by atoms with E-state index in [0.717, 1.165) is 41.3 Å². The number of piperidine rings is 1. The fourth-order valence-corrected chi connectivity index (χ4v) is 4.43. The van der Waals surface area contributed by atoms with Crippen molar-refractivity contribution in [3.63, 3.8) is 0 Å². The maximum Gasteiger partial charge on any atom is 0.416 e. The number of benzene rings is 2. The van der Waals surface area contributed by atoms with Crippen molar-refractivity contribution in [1.82, 2.24) is 20.1 Å². The molecule has 1 saturated heterocycles. The van der Waals surface area contributed by atoms with Gasteiger partial charge >= 0.3 is 12.3 Å². The Kier molecular flexibility index (Phi) is 6.69. The SMILES string of the molecule is O=C(Oc1ccc(Cc2ccc(C(F)(F)F)cc2)cc1)N1CCC(Sc2ncn[nH]2)CC1. The summed E-state index contributed by atoms with van der Waals surface area (Å²) in [7, 11) is 0. The third-order valence-corrected chi connectivity index (χ3v) is 6.41. The highest BCUT2D eigenvalue weighted by atomic mass is 32.2. The van der Waals surface area contributed by atoms with Crippen LogP contribution in [0.3, 0.4) is 0 Å². The van der Waals surface area contributed by atoms with E-state index >= 15 is 0 Å². The van der Waals surface area contributed by atoms with E-state index in [-0.39, 0.29) is 6.09 Å². The largest absolute Gasteiger partial charge is 0.416 e. The van der Waals surface area contributed by atoms with Crippen LogP contribution in [0.2, 0.25) is 0 Å². The highest BCUT2D eigenvalue weighted by molar-refractivity contribution is 7.99. The summed E-state index contributed by atoms with van der Waals surface area (Å²) in [5.74, 6) is 0.435. The monoisotopic (exact) mass is 462 g/mol. The molecule has 1 aliphatic rings. The van der Waals surface area contributed by atoms with E-state index in [0.29, 0.717) is 30.5 Å². The molecule has 0 bridgehead atoms. The van der Waals surface area contributed by atoms with Crippen LogP contribution >= 0.6 is 11.8 Å². The van der Waals surface area contributed by atoms with Crippen LogP contribution in [0.25, 0.3) is 0 Å². The summed E-state index contributed by atoms with van der Waals surface area (Å²) in [6.07, 6.45) is -1.08. The number of carbonyl (C=O) groups excluding carboxylic acids is 1. The van der Waals surface area contributed by atoms with Crippen molar-refractivity contribution in [2.24, 2.45) is 0 Å². The highest BCUT2D eigenvalue weighted by Gasteiger charge is 2.30. The van der Waals surface area contributed by atoms with Crippen LogP contribution in [-0.4, -0.2) is 44.5 Å². The second-order valence-corrected chi connectivity index (χ2v) is 8.77. The number of halogens is 3. The predicted molar refractivity (Wildman–Crippen MR) is 114 cm³/mol. The Morgan fingerprint density at radius 1 is 1.06 bits per heavy atom. The van der Waals surface area contributed by atoms with Crippen LogP contribution in [0.4, 0.5) is 18.0 Å². The average molecular weight is 462 g/mol. The molecule has 1 N–H and O–H groups in total. The predicted octanol–water partition coefficient (Wildman–Crippen LogP) is 5.17. The lowest BCUT2D eigenvalue weighted by Gasteiger charge is -2.30. The van der Waals surface area contributed by atoms with Crippen LogP contribution in [0.15, 0.2) is 60.0 Å². The summed E-state index contributed by atoms with van der Waals surface area (Å²) < 4.78 is 43.5. The molecule has 4 rings (SSSR count). The van der Waals surface area contributed by atoms with Crippen LogP contribution in [0.1, 0.15) is 29.5 Å². The standard InChI is InChI=1S/C22H21F3N4O2S/c23-22(24,25)17-5-1-15(2-6-17)13-16-3-7-18(8-4-16)31-21(30)29-11-9-19(10-12-29)32-20-26-14-27-28-20/h1-8,14,19H,9-13H2,(H,26,27,28). The summed E-state index contributed by atoms with van der Waals surface area (Å²) in [5.41, 5.74) is 1.02. The second-order valence-electron chi connectivity index (χ2n) is 7.48. The van der Waals surface area contributed by atoms with Crippen molar-refractivity contribution >= 4 is 17.9 Å². The number of hydrogen-bond acceptors (Lipinski definition) is 5. The van der Waals surface area contributed by atoms with E-state index in [2.05, 4.69) is 15.2 Å². The van der Waals surface area contributed by atoms with Gasteiger partial charge in [0, 0.05) is 18.3 Å². The van der Waals surface area contributed by atoms with Crippen molar-refractivity contribution in [3.8, 4) is 5.75 Å². The summed E-state index contributed by atoms with van der Waals surface area (Å²) in [6, 6.07) is 12.1. The molecule has 3 aromatic rings. The number of aromatic nitrogens is 3. The highest BCUT2D eigenvalue weighted by Crippen LogP contribution is 2.30. The number of H-pyrrole nitrogens is 1. The van der Waals surface area contributed by atoms with Crippen molar-refractivity contribution in [2.75, 3.05) is 13.1 Å². The summed E-state index contributed by atoms with van der Waals surface area (Å²) in [6.45, 7) is 1.22. The number of alkyl halides is 3. The van der Waals surface area contributed by atoms with Crippen LogP contribution in [0, 0.1) is 0 Å². The van der Waals surface area contributed by atoms with Crippen molar-refractivity contribution < 1.29 is 22.7 Å². The smallest absolute Gasteiger partial charge is 0.410 e. The normalized spacial score (nSPS) is 15.0. The van der Waals surface area contributed by atoms with E-state index in [9.17, 15) is 18.0 Å². The first-order valence-electron chi connectivity index (χ1n) is 10.1. The zero-order valence-electron chi connectivity index (χ0n) is 17.0. The van der Waals surface area contributed by atoms with Gasteiger partial charge in [-0.3, -0.25) is 5.10 Å².